The maximum atomic E-state index is 13.2. The minimum Gasteiger partial charge on any atom is -0.457 e. The summed E-state index contributed by atoms with van der Waals surface area (Å²) in [6.07, 6.45) is -4.04. The van der Waals surface area contributed by atoms with Crippen molar-refractivity contribution in [2.75, 3.05) is 26.7 Å². The first-order valence-corrected chi connectivity index (χ1v) is 38.9. The fourth-order valence-electron chi connectivity index (χ4n) is 9.08. The van der Waals surface area contributed by atoms with Crippen LogP contribution in [0.15, 0.2) is 66.7 Å². The number of nitrogens with zero attached hydrogens (tertiary/aromatic N) is 2. The number of aliphatic hydroxyl groups excluding tert-OH is 1. The van der Waals surface area contributed by atoms with E-state index in [1.165, 1.54) is 19.2 Å². The minimum absolute atomic E-state index is 0.0552. The Balaban J connectivity index is 1.36. The van der Waals surface area contributed by atoms with E-state index in [-0.39, 0.29) is 53.7 Å². The lowest BCUT2D eigenvalue weighted by atomic mass is 9.83. The average molecular weight is 1140 g/mol. The Bertz CT molecular complexity index is 2490. The van der Waals surface area contributed by atoms with E-state index >= 15 is 0 Å². The summed E-state index contributed by atoms with van der Waals surface area (Å²) in [4.78, 5) is 62.9. The lowest BCUT2D eigenvalue weighted by Crippen LogP contribution is -2.64. The number of carbonyl (C=O) groups excluding carboxylic acids is 2. The molecule has 77 heavy (non-hydrogen) atoms. The summed E-state index contributed by atoms with van der Waals surface area (Å²) in [6.45, 7) is 37.3. The third kappa shape index (κ3) is 15.5. The number of alkyl carbamates (subject to hydrolysis) is 1. The molecule has 2 aliphatic rings. The van der Waals surface area contributed by atoms with Crippen LogP contribution >= 0.6 is 0 Å². The number of rotatable bonds is 22. The highest BCUT2D eigenvalue weighted by Gasteiger charge is 2.57. The third-order valence-corrected chi connectivity index (χ3v) is 33.8. The van der Waals surface area contributed by atoms with Crippen LogP contribution in [0.4, 0.5) is 15.3 Å². The molecule has 20 heteroatoms. The van der Waals surface area contributed by atoms with Crippen LogP contribution < -0.4 is 10.1 Å². The summed E-state index contributed by atoms with van der Waals surface area (Å²) < 4.78 is 40.3. The zero-order chi connectivity index (χ0) is 58.1. The van der Waals surface area contributed by atoms with E-state index in [0.29, 0.717) is 24.8 Å². The van der Waals surface area contributed by atoms with Gasteiger partial charge in [-0.2, -0.15) is 0 Å². The van der Waals surface area contributed by atoms with Crippen molar-refractivity contribution >= 4 is 51.1 Å². The van der Waals surface area contributed by atoms with Crippen LogP contribution in [-0.2, 0) is 29.7 Å². The van der Waals surface area contributed by atoms with E-state index in [9.17, 15) is 34.4 Å². The highest BCUT2D eigenvalue weighted by molar-refractivity contribution is 6.75. The van der Waals surface area contributed by atoms with E-state index < -0.39 is 97.1 Å². The number of nitro groups is 1. The van der Waals surface area contributed by atoms with E-state index in [1.807, 2.05) is 76.4 Å². The standard InChI is InChI=1S/C57H93N3O13Si4/c1-54(2,3)76(16,17)72-49-44(33-57(9,10)75(14,15)67)51(71-48(30-31-56(7,8)74(12,13)66)50(49)73-77(18,19)55(4,5)6)70-47-29-28-38(32-46(47)60(64)65)36-69-53(63)59(11)35-39(61)34-58-52(62)68-37-45-42-26-22-20-24-40(42)41-25-21-23-27-43(41)45/h20-29,32,39,44-45,48-51,61,66-67H,30-31,33-37H2,1-19H3,(H,58,62)/t39?,44?,48?,49?,50-,51+/m0/s1. The Labute approximate surface area is 463 Å². The van der Waals surface area contributed by atoms with Gasteiger partial charge in [0.05, 0.1) is 35.9 Å². The monoisotopic (exact) mass is 1140 g/mol. The highest BCUT2D eigenvalue weighted by atomic mass is 28.4. The van der Waals surface area contributed by atoms with Gasteiger partial charge in [-0.25, -0.2) is 9.59 Å². The zero-order valence-corrected chi connectivity index (χ0v) is 53.7. The van der Waals surface area contributed by atoms with Crippen LogP contribution in [0.2, 0.25) is 72.5 Å². The van der Waals surface area contributed by atoms with Crippen molar-refractivity contribution in [2.45, 2.75) is 204 Å². The molecule has 430 valence electrons. The Morgan fingerprint density at radius 2 is 1.29 bits per heavy atom. The van der Waals surface area contributed by atoms with Crippen LogP contribution in [0.1, 0.15) is 111 Å². The van der Waals surface area contributed by atoms with Gasteiger partial charge in [0, 0.05) is 31.5 Å². The average Bonchev–Trinajstić information content (AvgIpc) is 3.62. The number of benzene rings is 3. The Kier molecular flexibility index (Phi) is 19.9. The SMILES string of the molecule is CN(CC(O)CNC(=O)OCC1c2ccccc2-c2ccccc21)C(=O)OCc1ccc(O[C@@H]2OC(CCC(C)(C)[Si](C)(C)O)[C@H](O[Si](C)(C)C(C)(C)C)C(O[Si](C)(C)C(C)(C)C)C2CC(C)(C)[Si](C)(C)O)c([N+](=O)[O-])c1. The second-order valence-electron chi connectivity index (χ2n) is 27.0. The predicted molar refractivity (Wildman–Crippen MR) is 313 cm³/mol. The fraction of sp³-hybridized carbons (Fsp3) is 0.649. The summed E-state index contributed by atoms with van der Waals surface area (Å²) in [5, 5.41) is 25.0. The van der Waals surface area contributed by atoms with Crippen LogP contribution in [-0.4, -0.2) is 127 Å². The first kappa shape index (κ1) is 63.9. The zero-order valence-electron chi connectivity index (χ0n) is 49.7. The van der Waals surface area contributed by atoms with Gasteiger partial charge in [-0.15, -0.1) is 0 Å². The van der Waals surface area contributed by atoms with E-state index in [2.05, 4.69) is 99.0 Å². The third-order valence-electron chi connectivity index (χ3n) is 17.8. The molecule has 4 unspecified atom stereocenters. The van der Waals surface area contributed by atoms with Crippen LogP contribution in [0.25, 0.3) is 11.1 Å². The number of nitrogens with one attached hydrogen (secondary N) is 1. The summed E-state index contributed by atoms with van der Waals surface area (Å²) in [6, 6.07) is 20.4. The smallest absolute Gasteiger partial charge is 0.409 e. The molecule has 2 amide bonds. The van der Waals surface area contributed by atoms with Crippen LogP contribution in [0.3, 0.4) is 0 Å². The molecular weight excluding hydrogens is 1050 g/mol. The van der Waals surface area contributed by atoms with Gasteiger partial charge in [0.1, 0.15) is 13.2 Å². The molecule has 3 aromatic rings. The molecule has 0 spiro atoms. The van der Waals surface area contributed by atoms with Crippen molar-refractivity contribution in [3.05, 3.63) is 93.5 Å². The molecule has 0 radical (unpaired) electrons. The first-order chi connectivity index (χ1) is 35.2. The molecule has 1 aliphatic heterocycles. The number of amides is 2. The molecular formula is C57H93N3O13Si4. The predicted octanol–water partition coefficient (Wildman–Crippen LogP) is 12.7. The Morgan fingerprint density at radius 3 is 1.79 bits per heavy atom. The molecule has 1 heterocycles. The fourth-order valence-corrected chi connectivity index (χ4v) is 13.2. The van der Waals surface area contributed by atoms with Crippen molar-refractivity contribution < 1.29 is 57.0 Å². The second-order valence-corrected chi connectivity index (χ2v) is 45.4. The molecule has 1 aliphatic carbocycles. The quantitative estimate of drug-likeness (QED) is 0.0420. The molecule has 1 saturated heterocycles. The van der Waals surface area contributed by atoms with Crippen LogP contribution in [0, 0.1) is 16.0 Å². The molecule has 1 fully saturated rings. The van der Waals surface area contributed by atoms with Gasteiger partial charge in [0.2, 0.25) is 6.29 Å². The summed E-state index contributed by atoms with van der Waals surface area (Å²) in [5.41, 5.74) is 4.30. The largest absolute Gasteiger partial charge is 0.457 e. The van der Waals surface area contributed by atoms with E-state index in [1.54, 1.807) is 6.07 Å². The number of likely N-dealkylation sites (N-methyl/N-ethyl adjacent to an activating group) is 1. The number of carbonyl (C=O) groups is 2. The van der Waals surface area contributed by atoms with Crippen molar-refractivity contribution in [3.8, 4) is 16.9 Å². The highest BCUT2D eigenvalue weighted by Crippen LogP contribution is 2.52. The lowest BCUT2D eigenvalue weighted by Gasteiger charge is -2.54. The Morgan fingerprint density at radius 1 is 0.766 bits per heavy atom. The summed E-state index contributed by atoms with van der Waals surface area (Å²) >= 11 is 0. The van der Waals surface area contributed by atoms with Gasteiger partial charge in [-0.1, -0.05) is 124 Å². The van der Waals surface area contributed by atoms with E-state index in [0.717, 1.165) is 27.2 Å². The second kappa shape index (κ2) is 24.0. The van der Waals surface area contributed by atoms with Crippen LogP contribution in [0.5, 0.6) is 5.75 Å². The number of aliphatic hydroxyl groups is 1. The molecule has 0 bridgehead atoms. The van der Waals surface area contributed by atoms with Gasteiger partial charge in [-0.3, -0.25) is 10.1 Å². The van der Waals surface area contributed by atoms with Gasteiger partial charge in [0.15, 0.2) is 39.0 Å². The number of hydrogen-bond donors (Lipinski definition) is 4. The van der Waals surface area contributed by atoms with E-state index in [4.69, 9.17) is 27.8 Å². The normalized spacial score (nSPS) is 20.2. The number of ether oxygens (including phenoxy) is 4. The van der Waals surface area contributed by atoms with Gasteiger partial charge in [0.25, 0.3) is 0 Å². The molecule has 16 nitrogen and oxygen atoms in total. The molecule has 5 rings (SSSR count). The molecule has 6 atom stereocenters. The van der Waals surface area contributed by atoms with Crippen molar-refractivity contribution in [2.24, 2.45) is 5.92 Å². The van der Waals surface area contributed by atoms with Gasteiger partial charge < -0.3 is 52.7 Å². The van der Waals surface area contributed by atoms with Crippen molar-refractivity contribution in [1.29, 1.82) is 0 Å². The Hall–Kier alpha value is -3.97. The number of nitro benzene ring substituents is 1. The lowest BCUT2D eigenvalue weighted by molar-refractivity contribution is -0.387. The van der Waals surface area contributed by atoms with Gasteiger partial charge >= 0.3 is 17.9 Å². The molecule has 0 saturated carbocycles. The number of hydrogen-bond acceptors (Lipinski definition) is 13. The van der Waals surface area contributed by atoms with Crippen molar-refractivity contribution in [3.63, 3.8) is 0 Å². The van der Waals surface area contributed by atoms with Crippen molar-refractivity contribution in [1.82, 2.24) is 10.2 Å². The maximum absolute atomic E-state index is 13.2. The molecule has 4 N–H and O–H groups in total. The molecule has 3 aromatic carbocycles. The first-order valence-electron chi connectivity index (χ1n) is 27.2. The minimum atomic E-state index is -2.90. The van der Waals surface area contributed by atoms with Gasteiger partial charge in [-0.05, 0) is 126 Å². The summed E-state index contributed by atoms with van der Waals surface area (Å²) in [5.74, 6) is -0.752. The summed E-state index contributed by atoms with van der Waals surface area (Å²) in [7, 11) is -9.31. The maximum Gasteiger partial charge on any atom is 0.409 e. The number of fused-ring (bicyclic) bond motifs is 3. The topological polar surface area (TPSA) is 209 Å². The molecule has 0 aromatic heterocycles.